The number of rotatable bonds is 3. The first kappa shape index (κ1) is 15.0. The Morgan fingerprint density at radius 1 is 1.45 bits per heavy atom. The van der Waals surface area contributed by atoms with Crippen molar-refractivity contribution in [3.05, 3.63) is 21.9 Å². The molecule has 1 aliphatic heterocycles. The van der Waals surface area contributed by atoms with Gasteiger partial charge in [-0.25, -0.2) is 0 Å². The lowest BCUT2D eigenvalue weighted by molar-refractivity contribution is 0.0503. The summed E-state index contributed by atoms with van der Waals surface area (Å²) in [6, 6.07) is 1.74. The zero-order valence-electron chi connectivity index (χ0n) is 11.3. The summed E-state index contributed by atoms with van der Waals surface area (Å²) in [4.78, 5) is 15.1. The molecular formula is C15H19NO3S. The molecule has 20 heavy (non-hydrogen) atoms. The van der Waals surface area contributed by atoms with Gasteiger partial charge in [-0.15, -0.1) is 11.3 Å². The lowest BCUT2D eigenvalue weighted by atomic mass is 10.0. The van der Waals surface area contributed by atoms with Crippen LogP contribution in [0.4, 0.5) is 0 Å². The number of nitrogens with zero attached hydrogens (tertiary/aromatic N) is 1. The number of hydrogen-bond acceptors (Lipinski definition) is 4. The molecule has 0 bridgehead atoms. The third kappa shape index (κ3) is 3.60. The highest BCUT2D eigenvalue weighted by molar-refractivity contribution is 7.10. The number of piperidine rings is 1. The smallest absolute Gasteiger partial charge is 0.255 e. The monoisotopic (exact) mass is 293 g/mol. The predicted octanol–water partition coefficient (Wildman–Crippen LogP) is 1.47. The molecule has 1 aliphatic rings. The molecule has 1 atom stereocenters. The molecule has 0 aliphatic carbocycles. The fourth-order valence-corrected chi connectivity index (χ4v) is 3.09. The van der Waals surface area contributed by atoms with E-state index in [9.17, 15) is 9.90 Å². The Kier molecular flexibility index (Phi) is 5.60. The largest absolute Gasteiger partial charge is 0.395 e. The Hall–Kier alpha value is -1.35. The fraction of sp³-hybridized carbons (Fsp3) is 0.533. The number of carbonyl (C=O) groups excluding carboxylic acids is 1. The highest BCUT2D eigenvalue weighted by Crippen LogP contribution is 2.22. The van der Waals surface area contributed by atoms with Crippen LogP contribution in [-0.4, -0.2) is 46.8 Å². The Balaban J connectivity index is 2.07. The van der Waals surface area contributed by atoms with E-state index in [4.69, 9.17) is 5.11 Å². The first-order valence-electron chi connectivity index (χ1n) is 6.86. The van der Waals surface area contributed by atoms with Gasteiger partial charge in [0.15, 0.2) is 0 Å². The summed E-state index contributed by atoms with van der Waals surface area (Å²) >= 11 is 1.44. The van der Waals surface area contributed by atoms with Gasteiger partial charge in [0.2, 0.25) is 0 Å². The van der Waals surface area contributed by atoms with Crippen LogP contribution in [-0.2, 0) is 0 Å². The van der Waals surface area contributed by atoms with Crippen LogP contribution in [0.5, 0.6) is 0 Å². The minimum Gasteiger partial charge on any atom is -0.395 e. The van der Waals surface area contributed by atoms with Crippen LogP contribution in [0.25, 0.3) is 0 Å². The van der Waals surface area contributed by atoms with Gasteiger partial charge in [0.05, 0.1) is 29.7 Å². The van der Waals surface area contributed by atoms with E-state index in [0.717, 1.165) is 24.1 Å². The van der Waals surface area contributed by atoms with E-state index in [1.165, 1.54) is 11.3 Å². The first-order chi connectivity index (χ1) is 9.76. The Morgan fingerprint density at radius 2 is 2.30 bits per heavy atom. The molecule has 1 amide bonds. The second-order valence-corrected chi connectivity index (χ2v) is 5.72. The molecule has 0 aromatic carbocycles. The van der Waals surface area contributed by atoms with Crippen molar-refractivity contribution in [2.45, 2.75) is 31.7 Å². The first-order valence-corrected chi connectivity index (χ1v) is 7.74. The van der Waals surface area contributed by atoms with Gasteiger partial charge in [0.25, 0.3) is 5.91 Å². The quantitative estimate of drug-likeness (QED) is 0.830. The van der Waals surface area contributed by atoms with Crippen molar-refractivity contribution in [3.63, 3.8) is 0 Å². The van der Waals surface area contributed by atoms with Crippen LogP contribution >= 0.6 is 11.3 Å². The molecule has 4 nitrogen and oxygen atoms in total. The molecule has 0 saturated carbocycles. The SMILES string of the molecule is O=C(c1csc(C#CCCO)c1)N1CCCCC1CO. The molecule has 0 spiro atoms. The van der Waals surface area contributed by atoms with Gasteiger partial charge in [-0.05, 0) is 25.3 Å². The predicted molar refractivity (Wildman–Crippen MR) is 78.7 cm³/mol. The average molecular weight is 293 g/mol. The van der Waals surface area contributed by atoms with E-state index in [2.05, 4.69) is 11.8 Å². The molecule has 2 heterocycles. The maximum Gasteiger partial charge on any atom is 0.255 e. The highest BCUT2D eigenvalue weighted by atomic mass is 32.1. The lowest BCUT2D eigenvalue weighted by Gasteiger charge is -2.34. The third-order valence-electron chi connectivity index (χ3n) is 3.39. The lowest BCUT2D eigenvalue weighted by Crippen LogP contribution is -2.45. The van der Waals surface area contributed by atoms with E-state index in [-0.39, 0.29) is 25.2 Å². The van der Waals surface area contributed by atoms with Crippen LogP contribution in [0.1, 0.15) is 40.9 Å². The second kappa shape index (κ2) is 7.44. The Morgan fingerprint density at radius 3 is 3.05 bits per heavy atom. The van der Waals surface area contributed by atoms with E-state index >= 15 is 0 Å². The van der Waals surface area contributed by atoms with Crippen LogP contribution in [0.2, 0.25) is 0 Å². The van der Waals surface area contributed by atoms with Gasteiger partial charge in [0.1, 0.15) is 0 Å². The maximum absolute atomic E-state index is 12.4. The summed E-state index contributed by atoms with van der Waals surface area (Å²) < 4.78 is 0. The van der Waals surface area contributed by atoms with Crippen molar-refractivity contribution in [3.8, 4) is 11.8 Å². The number of aliphatic hydroxyl groups excluding tert-OH is 2. The molecule has 1 saturated heterocycles. The number of aliphatic hydroxyl groups is 2. The van der Waals surface area contributed by atoms with Gasteiger partial charge >= 0.3 is 0 Å². The fourth-order valence-electron chi connectivity index (χ4n) is 2.34. The molecule has 1 aromatic heterocycles. The van der Waals surface area contributed by atoms with E-state index in [1.807, 2.05) is 5.38 Å². The molecule has 5 heteroatoms. The zero-order valence-corrected chi connectivity index (χ0v) is 12.2. The number of likely N-dealkylation sites (tertiary alicyclic amines) is 1. The van der Waals surface area contributed by atoms with Crippen LogP contribution in [0, 0.1) is 11.8 Å². The maximum atomic E-state index is 12.4. The van der Waals surface area contributed by atoms with Gasteiger partial charge < -0.3 is 15.1 Å². The number of amides is 1. The van der Waals surface area contributed by atoms with Crippen LogP contribution in [0.3, 0.4) is 0 Å². The highest BCUT2D eigenvalue weighted by Gasteiger charge is 2.27. The molecule has 2 N–H and O–H groups in total. The average Bonchev–Trinajstić information content (AvgIpc) is 2.95. The van der Waals surface area contributed by atoms with Crippen molar-refractivity contribution < 1.29 is 15.0 Å². The van der Waals surface area contributed by atoms with Gasteiger partial charge in [-0.2, -0.15) is 0 Å². The van der Waals surface area contributed by atoms with Gasteiger partial charge in [-0.1, -0.05) is 11.8 Å². The molecule has 0 radical (unpaired) electrons. The summed E-state index contributed by atoms with van der Waals surface area (Å²) in [5.41, 5.74) is 0.642. The summed E-state index contributed by atoms with van der Waals surface area (Å²) in [6.07, 6.45) is 3.38. The van der Waals surface area contributed by atoms with E-state index in [1.54, 1.807) is 11.0 Å². The minimum atomic E-state index is -0.0555. The van der Waals surface area contributed by atoms with Crippen molar-refractivity contribution in [2.24, 2.45) is 0 Å². The molecule has 1 unspecified atom stereocenters. The number of thiophene rings is 1. The Bertz CT molecular complexity index is 515. The summed E-state index contributed by atoms with van der Waals surface area (Å²) in [5, 5.41) is 19.9. The summed E-state index contributed by atoms with van der Waals surface area (Å²) in [6.45, 7) is 0.792. The van der Waals surface area contributed by atoms with Crippen molar-refractivity contribution in [2.75, 3.05) is 19.8 Å². The molecule has 1 aromatic rings. The van der Waals surface area contributed by atoms with Gasteiger partial charge in [-0.3, -0.25) is 4.79 Å². The van der Waals surface area contributed by atoms with Crippen LogP contribution in [0.15, 0.2) is 11.4 Å². The zero-order chi connectivity index (χ0) is 14.4. The Labute approximate surface area is 123 Å². The molecule has 2 rings (SSSR count). The van der Waals surface area contributed by atoms with E-state index in [0.29, 0.717) is 18.5 Å². The number of hydrogen-bond donors (Lipinski definition) is 2. The van der Waals surface area contributed by atoms with E-state index < -0.39 is 0 Å². The van der Waals surface area contributed by atoms with Crippen molar-refractivity contribution in [1.29, 1.82) is 0 Å². The normalized spacial score (nSPS) is 18.5. The second-order valence-electron chi connectivity index (χ2n) is 4.81. The molecule has 1 fully saturated rings. The summed E-state index contributed by atoms with van der Waals surface area (Å²) in [5.74, 6) is 5.77. The standard InChI is InChI=1S/C15H19NO3S/c17-8-4-2-6-14-9-12(11-20-14)15(19)16-7-3-1-5-13(16)10-18/h9,11,13,17-18H,1,3-5,7-8,10H2. The number of carbonyl (C=O) groups is 1. The van der Waals surface area contributed by atoms with Crippen LogP contribution < -0.4 is 0 Å². The van der Waals surface area contributed by atoms with Gasteiger partial charge in [0, 0.05) is 18.3 Å². The third-order valence-corrected chi connectivity index (χ3v) is 4.24. The summed E-state index contributed by atoms with van der Waals surface area (Å²) in [7, 11) is 0. The topological polar surface area (TPSA) is 60.8 Å². The van der Waals surface area contributed by atoms with Crippen molar-refractivity contribution in [1.82, 2.24) is 4.90 Å². The van der Waals surface area contributed by atoms with Crippen molar-refractivity contribution >= 4 is 17.2 Å². The minimum absolute atomic E-state index is 0.0183. The molecular weight excluding hydrogens is 274 g/mol. The molecule has 108 valence electrons.